The van der Waals surface area contributed by atoms with E-state index in [9.17, 15) is 40.1 Å². The van der Waals surface area contributed by atoms with Crippen molar-refractivity contribution in [2.75, 3.05) is 13.1 Å². The molecule has 14 heteroatoms. The number of alkyl carbamates (subject to hydrolysis) is 1. The molecular weight excluding hydrogens is 494 g/mol. The first-order valence-corrected chi connectivity index (χ1v) is 11.1. The van der Waals surface area contributed by atoms with Crippen LogP contribution in [-0.4, -0.2) is 57.3 Å². The smallest absolute Gasteiger partial charge is 0.444 e. The Morgan fingerprint density at radius 3 is 2.29 bits per heavy atom. The van der Waals surface area contributed by atoms with Crippen molar-refractivity contribution in [1.29, 1.82) is 0 Å². The maximum Gasteiger partial charge on any atom is 0.508 e. The molecule has 0 radical (unpaired) electrons. The summed E-state index contributed by atoms with van der Waals surface area (Å²) in [6.45, 7) is 4.81. The molecule has 0 aliphatic carbocycles. The quantitative estimate of drug-likeness (QED) is 0.570. The molecule has 1 aromatic carbocycles. The highest BCUT2D eigenvalue weighted by Gasteiger charge is 2.44. The molecule has 1 aliphatic rings. The van der Waals surface area contributed by atoms with Crippen molar-refractivity contribution in [2.45, 2.75) is 63.1 Å². The van der Waals surface area contributed by atoms with Gasteiger partial charge in [-0.25, -0.2) is 22.2 Å². The Morgan fingerprint density at radius 1 is 1.21 bits per heavy atom. The fourth-order valence-electron chi connectivity index (χ4n) is 3.20. The van der Waals surface area contributed by atoms with Crippen molar-refractivity contribution in [3.8, 4) is 5.75 Å². The van der Waals surface area contributed by atoms with Gasteiger partial charge in [-0.05, 0) is 32.4 Å². The number of ether oxygens (including phenoxy) is 1. The van der Waals surface area contributed by atoms with E-state index >= 15 is 0 Å². The van der Waals surface area contributed by atoms with E-state index in [1.165, 1.54) is 6.92 Å². The van der Waals surface area contributed by atoms with Gasteiger partial charge >= 0.3 is 22.7 Å². The van der Waals surface area contributed by atoms with Crippen LogP contribution in [0.2, 0.25) is 0 Å². The Morgan fingerprint density at radius 2 is 1.82 bits per heavy atom. The van der Waals surface area contributed by atoms with E-state index in [4.69, 9.17) is 4.74 Å². The molecule has 7 nitrogen and oxygen atoms in total. The number of hydrogen-bond acceptors (Lipinski definition) is 5. The Balaban J connectivity index is 2.31. The predicted octanol–water partition coefficient (Wildman–Crippen LogP) is 4.25. The zero-order valence-electron chi connectivity index (χ0n) is 18.7. The highest BCUT2D eigenvalue weighted by molar-refractivity contribution is 7.81. The van der Waals surface area contributed by atoms with Gasteiger partial charge in [0.05, 0.1) is 6.54 Å². The van der Waals surface area contributed by atoms with E-state index in [0.717, 1.165) is 17.0 Å². The second-order valence-corrected chi connectivity index (χ2v) is 9.82. The molecule has 1 fully saturated rings. The lowest BCUT2D eigenvalue weighted by atomic mass is 9.91. The number of likely N-dealkylation sites (tertiary alicyclic amines) is 1. The van der Waals surface area contributed by atoms with Crippen LogP contribution in [0.3, 0.4) is 0 Å². The molecule has 1 N–H and O–H groups in total. The van der Waals surface area contributed by atoms with Crippen molar-refractivity contribution in [2.24, 2.45) is 0 Å². The fraction of sp³-hybridized carbons (Fsp3) is 0.600. The van der Waals surface area contributed by atoms with Gasteiger partial charge in [-0.3, -0.25) is 4.79 Å². The summed E-state index contributed by atoms with van der Waals surface area (Å²) in [4.78, 5) is 26.1. The number of carbonyl (C=O) groups excluding carboxylic acids is 2. The fourth-order valence-corrected chi connectivity index (χ4v) is 3.57. The first-order chi connectivity index (χ1) is 15.4. The van der Waals surface area contributed by atoms with Crippen LogP contribution in [0.25, 0.3) is 0 Å². The summed E-state index contributed by atoms with van der Waals surface area (Å²) in [5.74, 6) is -7.00. The van der Waals surface area contributed by atoms with Gasteiger partial charge in [0.15, 0.2) is 0 Å². The third-order valence-electron chi connectivity index (χ3n) is 4.74. The van der Waals surface area contributed by atoms with Crippen LogP contribution in [0.5, 0.6) is 5.75 Å². The first-order valence-electron chi connectivity index (χ1n) is 10.0. The number of alkyl halides is 5. The second kappa shape index (κ2) is 10.0. The minimum absolute atomic E-state index is 0.231. The zero-order chi connectivity index (χ0) is 26.1. The van der Waals surface area contributed by atoms with Crippen LogP contribution in [0.4, 0.5) is 31.1 Å². The minimum Gasteiger partial charge on any atom is -0.444 e. The Bertz CT molecular complexity index is 950. The topological polar surface area (TPSA) is 84.9 Å². The van der Waals surface area contributed by atoms with Crippen molar-refractivity contribution in [3.05, 3.63) is 29.6 Å². The number of halogens is 6. The molecule has 2 amide bonds. The van der Waals surface area contributed by atoms with Gasteiger partial charge in [-0.2, -0.15) is 13.2 Å². The number of carbonyl (C=O) groups is 2. The van der Waals surface area contributed by atoms with Gasteiger partial charge in [0, 0.05) is 24.9 Å². The highest BCUT2D eigenvalue weighted by atomic mass is 32.2. The SMILES string of the molecule is CC(c1ccc(OS(=O)C(F)(F)F)cc1F)C(NC(=O)OC(C)(C)C)C(=O)N1CCC(F)(F)C1. The Hall–Kier alpha value is -2.51. The van der Waals surface area contributed by atoms with Gasteiger partial charge in [-0.15, -0.1) is 0 Å². The summed E-state index contributed by atoms with van der Waals surface area (Å²) >= 11 is -3.73. The molecule has 1 heterocycles. The van der Waals surface area contributed by atoms with Crippen LogP contribution in [0, 0.1) is 5.82 Å². The number of nitrogens with zero attached hydrogens (tertiary/aromatic N) is 1. The molecular formula is C20H24F6N2O5S. The third kappa shape index (κ3) is 7.50. The van der Waals surface area contributed by atoms with Gasteiger partial charge < -0.3 is 19.1 Å². The van der Waals surface area contributed by atoms with Gasteiger partial charge in [0.2, 0.25) is 5.91 Å². The number of benzene rings is 1. The van der Waals surface area contributed by atoms with Crippen molar-refractivity contribution in [3.63, 3.8) is 0 Å². The minimum atomic E-state index is -5.19. The second-order valence-electron chi connectivity index (χ2n) is 8.73. The van der Waals surface area contributed by atoms with Crippen LogP contribution in [-0.2, 0) is 20.6 Å². The third-order valence-corrected chi connectivity index (χ3v) is 5.46. The zero-order valence-corrected chi connectivity index (χ0v) is 19.5. The normalized spacial score (nSPS) is 18.7. The van der Waals surface area contributed by atoms with E-state index in [1.807, 2.05) is 0 Å². The molecule has 192 valence electrons. The molecule has 34 heavy (non-hydrogen) atoms. The largest absolute Gasteiger partial charge is 0.508 e. The van der Waals surface area contributed by atoms with E-state index < -0.39 is 76.6 Å². The number of nitrogens with one attached hydrogen (secondary N) is 1. The van der Waals surface area contributed by atoms with Crippen LogP contribution in [0.1, 0.15) is 45.6 Å². The van der Waals surface area contributed by atoms with Crippen molar-refractivity contribution in [1.82, 2.24) is 10.2 Å². The first kappa shape index (κ1) is 27.7. The molecule has 3 unspecified atom stereocenters. The molecule has 3 atom stereocenters. The summed E-state index contributed by atoms with van der Waals surface area (Å²) in [5.41, 5.74) is -6.37. The van der Waals surface area contributed by atoms with Crippen molar-refractivity contribution < 1.29 is 49.1 Å². The van der Waals surface area contributed by atoms with E-state index in [2.05, 4.69) is 9.50 Å². The monoisotopic (exact) mass is 518 g/mol. The molecule has 1 aromatic rings. The average Bonchev–Trinajstić information content (AvgIpc) is 3.03. The molecule has 0 aromatic heterocycles. The number of amides is 2. The molecule has 1 aliphatic heterocycles. The van der Waals surface area contributed by atoms with Gasteiger partial charge in [-0.1, -0.05) is 13.0 Å². The lowest BCUT2D eigenvalue weighted by molar-refractivity contribution is -0.134. The van der Waals surface area contributed by atoms with Crippen LogP contribution < -0.4 is 9.50 Å². The maximum atomic E-state index is 14.7. The van der Waals surface area contributed by atoms with Gasteiger partial charge in [0.25, 0.3) is 5.92 Å². The Kier molecular flexibility index (Phi) is 8.16. The van der Waals surface area contributed by atoms with E-state index in [1.54, 1.807) is 20.8 Å². The molecule has 0 spiro atoms. The lowest BCUT2D eigenvalue weighted by Gasteiger charge is -2.30. The summed E-state index contributed by atoms with van der Waals surface area (Å²) < 4.78 is 99.6. The summed E-state index contributed by atoms with van der Waals surface area (Å²) in [6.07, 6.45) is -1.63. The predicted molar refractivity (Wildman–Crippen MR) is 109 cm³/mol. The molecule has 2 rings (SSSR count). The number of hydrogen-bond donors (Lipinski definition) is 1. The van der Waals surface area contributed by atoms with E-state index in [0.29, 0.717) is 6.07 Å². The lowest BCUT2D eigenvalue weighted by Crippen LogP contribution is -2.52. The van der Waals surface area contributed by atoms with Crippen LogP contribution >= 0.6 is 0 Å². The van der Waals surface area contributed by atoms with Crippen LogP contribution in [0.15, 0.2) is 18.2 Å². The standard InChI is InChI=1S/C20H24F6N2O5S/c1-11(13-6-5-12(9-14(13)21)33-34(31)20(24,25)26)15(27-17(30)32-18(2,3)4)16(29)28-8-7-19(22,23)10-28/h5-6,9,11,15H,7-8,10H2,1-4H3,(H,27,30). The Labute approximate surface area is 194 Å². The summed E-state index contributed by atoms with van der Waals surface area (Å²) in [7, 11) is 0. The summed E-state index contributed by atoms with van der Waals surface area (Å²) in [5, 5.41) is 2.28. The van der Waals surface area contributed by atoms with Crippen molar-refractivity contribution >= 4 is 23.1 Å². The summed E-state index contributed by atoms with van der Waals surface area (Å²) in [6, 6.07) is 0.888. The number of rotatable bonds is 6. The average molecular weight is 518 g/mol. The molecule has 0 bridgehead atoms. The molecule has 1 saturated heterocycles. The highest BCUT2D eigenvalue weighted by Crippen LogP contribution is 2.32. The maximum absolute atomic E-state index is 14.7. The van der Waals surface area contributed by atoms with E-state index in [-0.39, 0.29) is 12.1 Å². The molecule has 0 saturated carbocycles. The van der Waals surface area contributed by atoms with Gasteiger partial charge in [0.1, 0.15) is 23.2 Å².